The molecule has 1 aliphatic rings. The van der Waals surface area contributed by atoms with Crippen LogP contribution in [-0.2, 0) is 10.0 Å². The summed E-state index contributed by atoms with van der Waals surface area (Å²) in [6, 6.07) is 2.98. The second-order valence-electron chi connectivity index (χ2n) is 5.38. The zero-order valence-corrected chi connectivity index (χ0v) is 12.6. The summed E-state index contributed by atoms with van der Waals surface area (Å²) >= 11 is 0. The number of ketones is 1. The molecule has 0 spiro atoms. The number of Topliss-reactive ketones (excluding diaryl/α,β-unsaturated/α-hetero) is 1. The van der Waals surface area contributed by atoms with E-state index in [4.69, 9.17) is 9.47 Å². The molecule has 1 N–H and O–H groups in total. The van der Waals surface area contributed by atoms with Gasteiger partial charge in [-0.05, 0) is 19.9 Å². The van der Waals surface area contributed by atoms with Gasteiger partial charge in [0.2, 0.25) is 10.0 Å². The Kier molecular flexibility index (Phi) is 3.41. The third-order valence-electron chi connectivity index (χ3n) is 2.87. The van der Waals surface area contributed by atoms with Gasteiger partial charge in [-0.3, -0.25) is 9.52 Å². The highest BCUT2D eigenvalue weighted by Crippen LogP contribution is 2.39. The highest BCUT2D eigenvalue weighted by Gasteiger charge is 2.33. The molecule has 110 valence electrons. The van der Waals surface area contributed by atoms with Gasteiger partial charge in [0.15, 0.2) is 5.78 Å². The van der Waals surface area contributed by atoms with E-state index in [0.29, 0.717) is 11.3 Å². The summed E-state index contributed by atoms with van der Waals surface area (Å²) in [4.78, 5) is 12.1. The maximum absolute atomic E-state index is 12.1. The van der Waals surface area contributed by atoms with Crippen LogP contribution in [0, 0.1) is 0 Å². The van der Waals surface area contributed by atoms with Crippen LogP contribution in [0.5, 0.6) is 11.5 Å². The Bertz CT molecular complexity index is 664. The average Bonchev–Trinajstić information content (AvgIpc) is 2.24. The second kappa shape index (κ2) is 4.66. The molecule has 0 unspecified atom stereocenters. The molecule has 1 aromatic rings. The van der Waals surface area contributed by atoms with Crippen LogP contribution in [0.25, 0.3) is 0 Å². The van der Waals surface area contributed by atoms with Crippen molar-refractivity contribution < 1.29 is 22.7 Å². The third kappa shape index (κ3) is 3.04. The smallest absolute Gasteiger partial charge is 0.229 e. The fraction of sp³-hybridized carbons (Fsp3) is 0.462. The first-order chi connectivity index (χ1) is 9.11. The van der Waals surface area contributed by atoms with Crippen molar-refractivity contribution in [2.45, 2.75) is 25.9 Å². The lowest BCUT2D eigenvalue weighted by Gasteiger charge is -2.32. The van der Waals surface area contributed by atoms with E-state index in [-0.39, 0.29) is 23.6 Å². The van der Waals surface area contributed by atoms with Gasteiger partial charge in [0.1, 0.15) is 17.1 Å². The van der Waals surface area contributed by atoms with Crippen molar-refractivity contribution in [3.63, 3.8) is 0 Å². The number of anilines is 1. The van der Waals surface area contributed by atoms with Crippen molar-refractivity contribution in [1.82, 2.24) is 0 Å². The third-order valence-corrected chi connectivity index (χ3v) is 3.46. The molecule has 1 heterocycles. The number of methoxy groups -OCH3 is 1. The molecule has 0 bridgehead atoms. The molecule has 0 aliphatic carbocycles. The minimum absolute atomic E-state index is 0.0551. The number of nitrogens with one attached hydrogen (secondary N) is 1. The van der Waals surface area contributed by atoms with Crippen molar-refractivity contribution in [2.24, 2.45) is 0 Å². The van der Waals surface area contributed by atoms with Crippen molar-refractivity contribution in [1.29, 1.82) is 0 Å². The van der Waals surface area contributed by atoms with E-state index >= 15 is 0 Å². The topological polar surface area (TPSA) is 81.7 Å². The zero-order valence-electron chi connectivity index (χ0n) is 11.8. The number of rotatable bonds is 3. The first kappa shape index (κ1) is 14.6. The van der Waals surface area contributed by atoms with Gasteiger partial charge in [-0.2, -0.15) is 0 Å². The van der Waals surface area contributed by atoms with Gasteiger partial charge in [-0.25, -0.2) is 8.42 Å². The molecule has 20 heavy (non-hydrogen) atoms. The summed E-state index contributed by atoms with van der Waals surface area (Å²) in [5, 5.41) is 0. The maximum Gasteiger partial charge on any atom is 0.229 e. The van der Waals surface area contributed by atoms with Gasteiger partial charge in [-0.1, -0.05) is 0 Å². The first-order valence-electron chi connectivity index (χ1n) is 6.03. The molecule has 0 fully saturated rings. The average molecular weight is 299 g/mol. The summed E-state index contributed by atoms with van der Waals surface area (Å²) in [5.41, 5.74) is 0.0422. The number of carbonyl (C=O) groups is 1. The predicted octanol–water partition coefficient (Wildman–Crippen LogP) is 1.81. The van der Waals surface area contributed by atoms with Crippen LogP contribution in [0.15, 0.2) is 12.1 Å². The van der Waals surface area contributed by atoms with Crippen molar-refractivity contribution in [3.8, 4) is 11.5 Å². The fourth-order valence-electron chi connectivity index (χ4n) is 2.13. The summed E-state index contributed by atoms with van der Waals surface area (Å²) in [7, 11) is -2.04. The summed E-state index contributed by atoms with van der Waals surface area (Å²) in [6.45, 7) is 3.61. The quantitative estimate of drug-likeness (QED) is 0.920. The van der Waals surface area contributed by atoms with Crippen molar-refractivity contribution in [3.05, 3.63) is 17.7 Å². The van der Waals surface area contributed by atoms with Gasteiger partial charge in [0.25, 0.3) is 0 Å². The molecule has 0 saturated heterocycles. The molecular formula is C13H17NO5S. The van der Waals surface area contributed by atoms with Gasteiger partial charge >= 0.3 is 0 Å². The monoisotopic (exact) mass is 299 g/mol. The molecule has 0 radical (unpaired) electrons. The zero-order chi connectivity index (χ0) is 15.1. The minimum atomic E-state index is -3.45. The Morgan fingerprint density at radius 3 is 2.55 bits per heavy atom. The highest BCUT2D eigenvalue weighted by molar-refractivity contribution is 7.92. The Morgan fingerprint density at radius 2 is 2.00 bits per heavy atom. The number of hydrogen-bond acceptors (Lipinski definition) is 5. The van der Waals surface area contributed by atoms with Crippen LogP contribution < -0.4 is 14.2 Å². The Hall–Kier alpha value is -1.76. The molecule has 0 saturated carbocycles. The normalized spacial score (nSPS) is 17.1. The van der Waals surface area contributed by atoms with Crippen LogP contribution in [0.3, 0.4) is 0 Å². The number of fused-ring (bicyclic) bond motifs is 1. The molecule has 0 amide bonds. The van der Waals surface area contributed by atoms with E-state index in [0.717, 1.165) is 6.26 Å². The van der Waals surface area contributed by atoms with Crippen LogP contribution in [0.1, 0.15) is 30.6 Å². The van der Waals surface area contributed by atoms with Crippen LogP contribution in [0.2, 0.25) is 0 Å². The molecule has 1 aromatic carbocycles. The lowest BCUT2D eigenvalue weighted by atomic mass is 9.93. The van der Waals surface area contributed by atoms with E-state index in [1.165, 1.54) is 19.2 Å². The SMILES string of the molecule is COc1cc2c(cc1NS(C)(=O)=O)OC(C)(C)CC2=O. The van der Waals surface area contributed by atoms with E-state index in [9.17, 15) is 13.2 Å². The fourth-order valence-corrected chi connectivity index (χ4v) is 2.69. The first-order valence-corrected chi connectivity index (χ1v) is 7.92. The number of ether oxygens (including phenoxy) is 2. The lowest BCUT2D eigenvalue weighted by Crippen LogP contribution is -2.36. The molecule has 0 atom stereocenters. The highest BCUT2D eigenvalue weighted by atomic mass is 32.2. The summed E-state index contributed by atoms with van der Waals surface area (Å²) < 4.78 is 35.9. The second-order valence-corrected chi connectivity index (χ2v) is 7.13. The van der Waals surface area contributed by atoms with Gasteiger partial charge < -0.3 is 9.47 Å². The van der Waals surface area contributed by atoms with Crippen LogP contribution in [-0.4, -0.2) is 33.2 Å². The Morgan fingerprint density at radius 1 is 1.35 bits per heavy atom. The van der Waals surface area contributed by atoms with E-state index in [2.05, 4.69) is 4.72 Å². The Labute approximate surface area is 118 Å². The summed E-state index contributed by atoms with van der Waals surface area (Å²) in [5.74, 6) is 0.587. The number of carbonyl (C=O) groups excluding carboxylic acids is 1. The predicted molar refractivity (Wildman–Crippen MR) is 75.1 cm³/mol. The number of sulfonamides is 1. The van der Waals surface area contributed by atoms with Crippen LogP contribution in [0.4, 0.5) is 5.69 Å². The number of hydrogen-bond donors (Lipinski definition) is 1. The molecule has 2 rings (SSSR count). The molecular weight excluding hydrogens is 282 g/mol. The van der Waals surface area contributed by atoms with Crippen molar-refractivity contribution >= 4 is 21.5 Å². The van der Waals surface area contributed by atoms with E-state index < -0.39 is 15.6 Å². The van der Waals surface area contributed by atoms with E-state index in [1.807, 2.05) is 13.8 Å². The number of benzene rings is 1. The Balaban J connectivity index is 2.54. The van der Waals surface area contributed by atoms with Crippen LogP contribution >= 0.6 is 0 Å². The lowest BCUT2D eigenvalue weighted by molar-refractivity contribution is 0.0619. The standard InChI is InChI=1S/C13H17NO5S/c1-13(2)7-10(15)8-5-12(18-3)9(6-11(8)19-13)14-20(4,16)17/h5-6,14H,7H2,1-4H3. The van der Waals surface area contributed by atoms with Crippen molar-refractivity contribution in [2.75, 3.05) is 18.1 Å². The van der Waals surface area contributed by atoms with E-state index in [1.54, 1.807) is 0 Å². The minimum Gasteiger partial charge on any atom is -0.495 e. The van der Waals surface area contributed by atoms with Gasteiger partial charge in [0, 0.05) is 6.07 Å². The molecule has 6 nitrogen and oxygen atoms in total. The largest absolute Gasteiger partial charge is 0.495 e. The van der Waals surface area contributed by atoms with Gasteiger partial charge in [-0.15, -0.1) is 0 Å². The summed E-state index contributed by atoms with van der Waals surface area (Å²) in [6.07, 6.45) is 1.31. The van der Waals surface area contributed by atoms with Gasteiger partial charge in [0.05, 0.1) is 31.0 Å². The molecule has 1 aliphatic heterocycles. The maximum atomic E-state index is 12.1. The molecule has 0 aromatic heterocycles. The molecule has 7 heteroatoms.